The average Bonchev–Trinajstić information content (AvgIpc) is 3.09. The van der Waals surface area contributed by atoms with Gasteiger partial charge >= 0.3 is 0 Å². The first-order valence-electron chi connectivity index (χ1n) is 7.62. The predicted molar refractivity (Wildman–Crippen MR) is 93.1 cm³/mol. The lowest BCUT2D eigenvalue weighted by atomic mass is 10.1. The van der Waals surface area contributed by atoms with Crippen LogP contribution >= 0.6 is 0 Å². The summed E-state index contributed by atoms with van der Waals surface area (Å²) < 4.78 is 1.65. The summed E-state index contributed by atoms with van der Waals surface area (Å²) in [6, 6.07) is 15.1. The quantitative estimate of drug-likeness (QED) is 0.784. The van der Waals surface area contributed by atoms with E-state index in [4.69, 9.17) is 0 Å². The molecule has 0 radical (unpaired) electrons. The second-order valence-corrected chi connectivity index (χ2v) is 5.78. The highest BCUT2D eigenvalue weighted by Gasteiger charge is 2.07. The molecule has 3 aromatic rings. The Morgan fingerprint density at radius 3 is 2.62 bits per heavy atom. The number of nitrogens with zero attached hydrogens (tertiary/aromatic N) is 4. The van der Waals surface area contributed by atoms with Gasteiger partial charge in [-0.1, -0.05) is 12.1 Å². The summed E-state index contributed by atoms with van der Waals surface area (Å²) in [6.07, 6.45) is 3.09. The molecular weight excluding hydrogens is 302 g/mol. The fraction of sp³-hybridized carbons (Fsp3) is 0.167. The van der Waals surface area contributed by atoms with Gasteiger partial charge in [0.15, 0.2) is 0 Å². The number of hydrogen-bond donors (Lipinski definition) is 1. The molecule has 6 nitrogen and oxygen atoms in total. The number of carbonyl (C=O) groups is 1. The van der Waals surface area contributed by atoms with Crippen molar-refractivity contribution in [1.82, 2.24) is 19.7 Å². The third-order valence-electron chi connectivity index (χ3n) is 3.50. The number of aromatic nitrogens is 3. The maximum Gasteiger partial charge on any atom is 0.255 e. The van der Waals surface area contributed by atoms with Gasteiger partial charge in [-0.2, -0.15) is 5.10 Å². The van der Waals surface area contributed by atoms with Gasteiger partial charge in [0.1, 0.15) is 12.7 Å². The third kappa shape index (κ3) is 3.85. The molecule has 24 heavy (non-hydrogen) atoms. The van der Waals surface area contributed by atoms with Crippen LogP contribution in [0, 0.1) is 0 Å². The van der Waals surface area contributed by atoms with E-state index in [1.807, 2.05) is 50.5 Å². The van der Waals surface area contributed by atoms with E-state index >= 15 is 0 Å². The zero-order valence-electron chi connectivity index (χ0n) is 13.7. The van der Waals surface area contributed by atoms with Crippen LogP contribution in [0.2, 0.25) is 0 Å². The number of nitrogens with one attached hydrogen (secondary N) is 1. The third-order valence-corrected chi connectivity index (χ3v) is 3.50. The zero-order valence-corrected chi connectivity index (χ0v) is 13.7. The van der Waals surface area contributed by atoms with Crippen LogP contribution in [0.25, 0.3) is 5.69 Å². The molecule has 3 rings (SSSR count). The molecule has 0 saturated carbocycles. The van der Waals surface area contributed by atoms with Crippen LogP contribution in [0.5, 0.6) is 0 Å². The van der Waals surface area contributed by atoms with Crippen LogP contribution < -0.4 is 5.32 Å². The van der Waals surface area contributed by atoms with Crippen molar-refractivity contribution in [2.75, 3.05) is 19.4 Å². The van der Waals surface area contributed by atoms with Crippen LogP contribution in [-0.4, -0.2) is 39.7 Å². The van der Waals surface area contributed by atoms with E-state index in [1.54, 1.807) is 23.1 Å². The van der Waals surface area contributed by atoms with Crippen molar-refractivity contribution in [2.45, 2.75) is 6.54 Å². The second-order valence-electron chi connectivity index (χ2n) is 5.78. The van der Waals surface area contributed by atoms with Gasteiger partial charge in [0, 0.05) is 17.8 Å². The summed E-state index contributed by atoms with van der Waals surface area (Å²) in [7, 11) is 4.03. The summed E-state index contributed by atoms with van der Waals surface area (Å²) >= 11 is 0. The van der Waals surface area contributed by atoms with E-state index in [1.165, 1.54) is 6.33 Å². The SMILES string of the molecule is CN(C)Cc1cccc(NC(=O)c2ccc(-n3cncn3)cc2)c1. The van der Waals surface area contributed by atoms with Crippen molar-refractivity contribution in [3.8, 4) is 5.69 Å². The largest absolute Gasteiger partial charge is 0.322 e. The molecule has 1 heterocycles. The number of hydrogen-bond acceptors (Lipinski definition) is 4. The van der Waals surface area contributed by atoms with Gasteiger partial charge in [-0.25, -0.2) is 9.67 Å². The second kappa shape index (κ2) is 7.06. The highest BCUT2D eigenvalue weighted by atomic mass is 16.1. The maximum atomic E-state index is 12.4. The highest BCUT2D eigenvalue weighted by molar-refractivity contribution is 6.04. The Morgan fingerprint density at radius 2 is 1.96 bits per heavy atom. The Kier molecular flexibility index (Phi) is 4.67. The Labute approximate surface area is 140 Å². The van der Waals surface area contributed by atoms with Gasteiger partial charge in [0.25, 0.3) is 5.91 Å². The first kappa shape index (κ1) is 15.9. The van der Waals surface area contributed by atoms with Crippen LogP contribution in [0.1, 0.15) is 15.9 Å². The highest BCUT2D eigenvalue weighted by Crippen LogP contribution is 2.14. The minimum absolute atomic E-state index is 0.137. The van der Waals surface area contributed by atoms with Crippen molar-refractivity contribution in [3.05, 3.63) is 72.3 Å². The fourth-order valence-electron chi connectivity index (χ4n) is 2.42. The fourth-order valence-corrected chi connectivity index (χ4v) is 2.42. The van der Waals surface area contributed by atoms with Crippen LogP contribution in [0.3, 0.4) is 0 Å². The van der Waals surface area contributed by atoms with Crippen LogP contribution in [0.4, 0.5) is 5.69 Å². The first-order valence-corrected chi connectivity index (χ1v) is 7.62. The molecule has 0 unspecified atom stereocenters. The van der Waals surface area contributed by atoms with E-state index in [9.17, 15) is 4.79 Å². The number of rotatable bonds is 5. The van der Waals surface area contributed by atoms with Gasteiger partial charge in [0.2, 0.25) is 0 Å². The summed E-state index contributed by atoms with van der Waals surface area (Å²) in [5, 5.41) is 7.00. The molecule has 0 fully saturated rings. The number of amides is 1. The standard InChI is InChI=1S/C18H19N5O/c1-22(2)11-14-4-3-5-16(10-14)21-18(24)15-6-8-17(9-7-15)23-13-19-12-20-23/h3-10,12-13H,11H2,1-2H3,(H,21,24). The molecule has 1 aromatic heterocycles. The van der Waals surface area contributed by atoms with E-state index in [-0.39, 0.29) is 5.91 Å². The van der Waals surface area contributed by atoms with E-state index in [0.29, 0.717) is 5.56 Å². The smallest absolute Gasteiger partial charge is 0.255 e. The Bertz CT molecular complexity index is 810. The van der Waals surface area contributed by atoms with Gasteiger partial charge in [-0.15, -0.1) is 0 Å². The van der Waals surface area contributed by atoms with Crippen molar-refractivity contribution < 1.29 is 4.79 Å². The van der Waals surface area contributed by atoms with Crippen molar-refractivity contribution in [2.24, 2.45) is 0 Å². The zero-order chi connectivity index (χ0) is 16.9. The van der Waals surface area contributed by atoms with Gasteiger partial charge < -0.3 is 10.2 Å². The molecule has 2 aromatic carbocycles. The lowest BCUT2D eigenvalue weighted by Gasteiger charge is -2.11. The first-order chi connectivity index (χ1) is 11.6. The molecule has 0 aliphatic rings. The maximum absolute atomic E-state index is 12.4. The number of anilines is 1. The predicted octanol–water partition coefficient (Wildman–Crippen LogP) is 2.58. The average molecular weight is 321 g/mol. The Balaban J connectivity index is 1.71. The lowest BCUT2D eigenvalue weighted by molar-refractivity contribution is 0.102. The molecule has 0 spiro atoms. The molecule has 1 N–H and O–H groups in total. The van der Waals surface area contributed by atoms with Gasteiger partial charge in [0.05, 0.1) is 5.69 Å². The summed E-state index contributed by atoms with van der Waals surface area (Å²) in [5.74, 6) is -0.137. The summed E-state index contributed by atoms with van der Waals surface area (Å²) in [4.78, 5) is 18.4. The van der Waals surface area contributed by atoms with Gasteiger partial charge in [-0.05, 0) is 56.1 Å². The monoisotopic (exact) mass is 321 g/mol. The molecule has 1 amide bonds. The molecule has 0 aliphatic heterocycles. The summed E-state index contributed by atoms with van der Waals surface area (Å²) in [5.41, 5.74) is 3.40. The normalized spacial score (nSPS) is 10.8. The lowest BCUT2D eigenvalue weighted by Crippen LogP contribution is -2.13. The van der Waals surface area contributed by atoms with E-state index in [2.05, 4.69) is 20.3 Å². The van der Waals surface area contributed by atoms with Crippen molar-refractivity contribution in [3.63, 3.8) is 0 Å². The molecule has 122 valence electrons. The molecule has 6 heteroatoms. The number of benzene rings is 2. The minimum Gasteiger partial charge on any atom is -0.322 e. The Hall–Kier alpha value is -2.99. The molecule has 0 saturated heterocycles. The van der Waals surface area contributed by atoms with E-state index < -0.39 is 0 Å². The Morgan fingerprint density at radius 1 is 1.17 bits per heavy atom. The molecule has 0 bridgehead atoms. The summed E-state index contributed by atoms with van der Waals surface area (Å²) in [6.45, 7) is 0.830. The minimum atomic E-state index is -0.137. The molecule has 0 aliphatic carbocycles. The van der Waals surface area contributed by atoms with Crippen LogP contribution in [-0.2, 0) is 6.54 Å². The topological polar surface area (TPSA) is 63.1 Å². The molecule has 0 atom stereocenters. The van der Waals surface area contributed by atoms with Gasteiger partial charge in [-0.3, -0.25) is 4.79 Å². The van der Waals surface area contributed by atoms with Crippen molar-refractivity contribution in [1.29, 1.82) is 0 Å². The molecular formula is C18H19N5O. The van der Waals surface area contributed by atoms with Crippen molar-refractivity contribution >= 4 is 11.6 Å². The number of carbonyl (C=O) groups excluding carboxylic acids is 1. The van der Waals surface area contributed by atoms with Crippen LogP contribution in [0.15, 0.2) is 61.2 Å². The van der Waals surface area contributed by atoms with E-state index in [0.717, 1.165) is 23.5 Å².